The zero-order valence-electron chi connectivity index (χ0n) is 21.5. The van der Waals surface area contributed by atoms with Crippen molar-refractivity contribution in [2.75, 3.05) is 7.05 Å². The zero-order valence-corrected chi connectivity index (χ0v) is 21.5. The molecule has 190 valence electrons. The van der Waals surface area contributed by atoms with E-state index in [2.05, 4.69) is 19.2 Å². The van der Waals surface area contributed by atoms with Gasteiger partial charge < -0.3 is 9.73 Å². The van der Waals surface area contributed by atoms with Gasteiger partial charge in [0.15, 0.2) is 5.78 Å². The second kappa shape index (κ2) is 10.1. The number of carbonyl (C=O) groups excluding carboxylic acids is 2. The Hall–Kier alpha value is -4.51. The monoisotopic (exact) mass is 505 g/mol. The van der Waals surface area contributed by atoms with Crippen LogP contribution in [0.2, 0.25) is 0 Å². The van der Waals surface area contributed by atoms with Crippen LogP contribution in [0.25, 0.3) is 33.4 Å². The summed E-state index contributed by atoms with van der Waals surface area (Å²) >= 11 is 0. The van der Waals surface area contributed by atoms with Crippen molar-refractivity contribution in [1.29, 1.82) is 0 Å². The van der Waals surface area contributed by atoms with E-state index in [1.165, 1.54) is 12.1 Å². The summed E-state index contributed by atoms with van der Waals surface area (Å²) in [7, 11) is 1.56. The highest BCUT2D eigenvalue weighted by Crippen LogP contribution is 2.36. The lowest BCUT2D eigenvalue weighted by molar-refractivity contribution is 0.0952. The largest absolute Gasteiger partial charge is 0.455 e. The van der Waals surface area contributed by atoms with Gasteiger partial charge in [-0.05, 0) is 64.6 Å². The van der Waals surface area contributed by atoms with Gasteiger partial charge in [-0.1, -0.05) is 68.4 Å². The van der Waals surface area contributed by atoms with Gasteiger partial charge in [0.2, 0.25) is 0 Å². The first-order valence-corrected chi connectivity index (χ1v) is 12.5. The van der Waals surface area contributed by atoms with Crippen molar-refractivity contribution in [3.8, 4) is 22.5 Å². The van der Waals surface area contributed by atoms with Gasteiger partial charge in [0, 0.05) is 30.0 Å². The lowest BCUT2D eigenvalue weighted by Crippen LogP contribution is -2.21. The molecule has 38 heavy (non-hydrogen) atoms. The Morgan fingerprint density at radius 1 is 0.816 bits per heavy atom. The third-order valence-corrected chi connectivity index (χ3v) is 6.92. The Morgan fingerprint density at radius 3 is 2.21 bits per heavy atom. The van der Waals surface area contributed by atoms with E-state index in [-0.39, 0.29) is 22.9 Å². The fourth-order valence-corrected chi connectivity index (χ4v) is 4.80. The van der Waals surface area contributed by atoms with Gasteiger partial charge in [0.1, 0.15) is 17.2 Å². The van der Waals surface area contributed by atoms with Crippen LogP contribution in [0.4, 0.5) is 4.39 Å². The number of benzene rings is 4. The molecule has 0 saturated heterocycles. The van der Waals surface area contributed by atoms with Crippen molar-refractivity contribution in [3.63, 3.8) is 0 Å². The van der Waals surface area contributed by atoms with E-state index < -0.39 is 0 Å². The second-order valence-corrected chi connectivity index (χ2v) is 10.0. The van der Waals surface area contributed by atoms with E-state index in [9.17, 15) is 14.0 Å². The summed E-state index contributed by atoms with van der Waals surface area (Å²) in [6.07, 6.45) is 0.378. The van der Waals surface area contributed by atoms with Crippen molar-refractivity contribution in [2.24, 2.45) is 0 Å². The van der Waals surface area contributed by atoms with Crippen molar-refractivity contribution in [1.82, 2.24) is 5.32 Å². The van der Waals surface area contributed by atoms with Crippen LogP contribution in [0.1, 0.15) is 46.5 Å². The first kappa shape index (κ1) is 25.2. The number of carbonyl (C=O) groups is 2. The van der Waals surface area contributed by atoms with Crippen LogP contribution in [-0.2, 0) is 5.41 Å². The van der Waals surface area contributed by atoms with Crippen LogP contribution in [0.15, 0.2) is 101 Å². The predicted molar refractivity (Wildman–Crippen MR) is 149 cm³/mol. The molecule has 0 unspecified atom stereocenters. The Kier molecular flexibility index (Phi) is 6.68. The third-order valence-electron chi connectivity index (χ3n) is 6.92. The number of ketones is 1. The molecule has 0 saturated carbocycles. The lowest BCUT2D eigenvalue weighted by atomic mass is 9.79. The third kappa shape index (κ3) is 4.88. The average molecular weight is 506 g/mol. The first-order valence-electron chi connectivity index (χ1n) is 12.5. The van der Waals surface area contributed by atoms with Crippen LogP contribution in [-0.4, -0.2) is 18.7 Å². The maximum atomic E-state index is 13.5. The molecule has 0 spiro atoms. The molecule has 4 nitrogen and oxygen atoms in total. The van der Waals surface area contributed by atoms with Gasteiger partial charge in [-0.2, -0.15) is 0 Å². The summed E-state index contributed by atoms with van der Waals surface area (Å²) in [5.41, 5.74) is 4.70. The Morgan fingerprint density at radius 2 is 1.50 bits per heavy atom. The number of hydrogen-bond acceptors (Lipinski definition) is 3. The maximum Gasteiger partial charge on any atom is 0.255 e. The minimum atomic E-state index is -0.366. The quantitative estimate of drug-likeness (QED) is 0.229. The summed E-state index contributed by atoms with van der Waals surface area (Å²) in [6, 6.07) is 29.1. The zero-order chi connectivity index (χ0) is 26.9. The van der Waals surface area contributed by atoms with E-state index in [4.69, 9.17) is 4.42 Å². The minimum Gasteiger partial charge on any atom is -0.455 e. The van der Waals surface area contributed by atoms with Gasteiger partial charge in [0.25, 0.3) is 5.91 Å². The smallest absolute Gasteiger partial charge is 0.255 e. The average Bonchev–Trinajstić information content (AvgIpc) is 3.32. The molecule has 1 N–H and O–H groups in total. The molecule has 0 aliphatic heterocycles. The molecule has 0 atom stereocenters. The van der Waals surface area contributed by atoms with E-state index in [0.29, 0.717) is 39.8 Å². The Balaban J connectivity index is 1.52. The van der Waals surface area contributed by atoms with Crippen LogP contribution in [0, 0.1) is 5.82 Å². The molecule has 0 aliphatic carbocycles. The van der Waals surface area contributed by atoms with E-state index in [1.807, 2.05) is 72.8 Å². The normalized spacial score (nSPS) is 11.5. The fraction of sp³-hybridized carbons (Fsp3) is 0.152. The molecule has 1 heterocycles. The van der Waals surface area contributed by atoms with Gasteiger partial charge in [-0.3, -0.25) is 9.59 Å². The van der Waals surface area contributed by atoms with E-state index in [0.717, 1.165) is 16.7 Å². The topological polar surface area (TPSA) is 59.3 Å². The SMILES string of the molecule is CNC(=O)c1c(-c2ccc(F)cc2)oc2ccc(-c3cccc(C(=O)CC(C)(C)c4ccccc4)c3)cc12. The highest BCUT2D eigenvalue weighted by atomic mass is 19.1. The molecule has 4 aromatic carbocycles. The van der Waals surface area contributed by atoms with Crippen LogP contribution < -0.4 is 5.32 Å². The number of halogens is 1. The number of nitrogens with one attached hydrogen (secondary N) is 1. The highest BCUT2D eigenvalue weighted by Gasteiger charge is 2.25. The van der Waals surface area contributed by atoms with Gasteiger partial charge in [-0.15, -0.1) is 0 Å². The van der Waals surface area contributed by atoms with Gasteiger partial charge in [-0.25, -0.2) is 4.39 Å². The molecule has 0 fully saturated rings. The number of furan rings is 1. The van der Waals surface area contributed by atoms with Crippen molar-refractivity contribution in [2.45, 2.75) is 25.7 Å². The summed E-state index contributed by atoms with van der Waals surface area (Å²) < 4.78 is 19.6. The van der Waals surface area contributed by atoms with Gasteiger partial charge >= 0.3 is 0 Å². The second-order valence-electron chi connectivity index (χ2n) is 10.0. The summed E-state index contributed by atoms with van der Waals surface area (Å²) in [5, 5.41) is 3.32. The summed E-state index contributed by atoms with van der Waals surface area (Å²) in [5.74, 6) is -0.221. The fourth-order valence-electron chi connectivity index (χ4n) is 4.80. The maximum absolute atomic E-state index is 13.5. The predicted octanol–water partition coefficient (Wildman–Crippen LogP) is 7.82. The van der Waals surface area contributed by atoms with E-state index in [1.54, 1.807) is 19.2 Å². The number of amides is 1. The molecule has 1 aromatic heterocycles. The van der Waals surface area contributed by atoms with Crippen molar-refractivity contribution < 1.29 is 18.4 Å². The number of fused-ring (bicyclic) bond motifs is 1. The van der Waals surface area contributed by atoms with E-state index >= 15 is 0 Å². The molecule has 5 rings (SSSR count). The molecule has 1 amide bonds. The van der Waals surface area contributed by atoms with Crippen LogP contribution in [0.3, 0.4) is 0 Å². The Labute approximate surface area is 221 Å². The molecule has 5 aromatic rings. The molecule has 5 heteroatoms. The minimum absolute atomic E-state index is 0.0646. The molecule has 0 aliphatic rings. The number of rotatable bonds is 7. The first-order chi connectivity index (χ1) is 18.3. The Bertz CT molecular complexity index is 1630. The van der Waals surface area contributed by atoms with Gasteiger partial charge in [0.05, 0.1) is 5.56 Å². The summed E-state index contributed by atoms with van der Waals surface area (Å²) in [4.78, 5) is 26.2. The number of hydrogen-bond donors (Lipinski definition) is 1. The molecular weight excluding hydrogens is 477 g/mol. The standard InChI is InChI=1S/C33H28FNO3/c1-33(2,25-10-5-4-6-11-25)20-28(36)24-9-7-8-22(18-24)23-14-17-29-27(19-23)30(32(37)35-3)31(38-29)21-12-15-26(34)16-13-21/h4-19H,20H2,1-3H3,(H,35,37). The summed E-state index contributed by atoms with van der Waals surface area (Å²) in [6.45, 7) is 4.16. The molecule has 0 radical (unpaired) electrons. The highest BCUT2D eigenvalue weighted by molar-refractivity contribution is 6.12. The van der Waals surface area contributed by atoms with Crippen LogP contribution in [0.5, 0.6) is 0 Å². The van der Waals surface area contributed by atoms with Crippen LogP contribution >= 0.6 is 0 Å². The lowest BCUT2D eigenvalue weighted by Gasteiger charge is -2.24. The number of Topliss-reactive ketones (excluding diaryl/α,β-unsaturated/α-hetero) is 1. The van der Waals surface area contributed by atoms with Crippen molar-refractivity contribution >= 4 is 22.7 Å². The molecule has 0 bridgehead atoms. The molecular formula is C33H28FNO3. The van der Waals surface area contributed by atoms with Crippen molar-refractivity contribution in [3.05, 3.63) is 120 Å².